The van der Waals surface area contributed by atoms with E-state index < -0.39 is 5.97 Å². The molecule has 7 heteroatoms. The van der Waals surface area contributed by atoms with Gasteiger partial charge in [0, 0.05) is 10.5 Å². The van der Waals surface area contributed by atoms with E-state index in [4.69, 9.17) is 13.6 Å². The van der Waals surface area contributed by atoms with Gasteiger partial charge in [-0.3, -0.25) is 0 Å². The van der Waals surface area contributed by atoms with Crippen molar-refractivity contribution in [1.82, 2.24) is 10.2 Å². The number of carbonyl (C=O) groups excluding carboxylic acids is 1. The van der Waals surface area contributed by atoms with Crippen molar-refractivity contribution in [2.45, 2.75) is 20.5 Å². The third-order valence-corrected chi connectivity index (χ3v) is 3.89. The smallest absolute Gasteiger partial charge is 0.331 e. The topological polar surface area (TPSA) is 78.4 Å². The van der Waals surface area contributed by atoms with Crippen LogP contribution in [0.2, 0.25) is 0 Å². The molecule has 0 aliphatic rings. The van der Waals surface area contributed by atoms with Crippen molar-refractivity contribution in [3.05, 3.63) is 63.9 Å². The zero-order valence-corrected chi connectivity index (χ0v) is 15.2. The van der Waals surface area contributed by atoms with Crippen LogP contribution in [0.5, 0.6) is 0 Å². The second kappa shape index (κ2) is 7.48. The molecule has 0 saturated carbocycles. The van der Waals surface area contributed by atoms with Gasteiger partial charge in [0.2, 0.25) is 0 Å². The molecule has 0 radical (unpaired) electrons. The summed E-state index contributed by atoms with van der Waals surface area (Å²) in [6, 6.07) is 9.37. The van der Waals surface area contributed by atoms with Crippen molar-refractivity contribution in [3.63, 3.8) is 0 Å². The standard InChI is InChI=1S/C18H15BrN2O4/c1-11-9-15(12(2)24-11)18-21-20-16(25-18)10-23-17(22)8-5-13-3-6-14(19)7-4-13/h3-9H,10H2,1-2H3/b8-5+. The first kappa shape index (κ1) is 17.2. The Kier molecular flexibility index (Phi) is 5.14. The fourth-order valence-electron chi connectivity index (χ4n) is 2.18. The Hall–Kier alpha value is -2.67. The van der Waals surface area contributed by atoms with Gasteiger partial charge in [0.05, 0.1) is 5.56 Å². The SMILES string of the molecule is Cc1cc(-c2nnc(COC(=O)/C=C/c3ccc(Br)cc3)o2)c(C)o1. The van der Waals surface area contributed by atoms with Crippen molar-refractivity contribution in [1.29, 1.82) is 0 Å². The summed E-state index contributed by atoms with van der Waals surface area (Å²) >= 11 is 3.36. The number of rotatable bonds is 5. The fourth-order valence-corrected chi connectivity index (χ4v) is 2.45. The Morgan fingerprint density at radius 1 is 1.20 bits per heavy atom. The highest BCUT2D eigenvalue weighted by molar-refractivity contribution is 9.10. The molecule has 0 aliphatic carbocycles. The molecule has 0 amide bonds. The third kappa shape index (κ3) is 4.45. The zero-order chi connectivity index (χ0) is 17.8. The second-order valence-electron chi connectivity index (χ2n) is 5.32. The van der Waals surface area contributed by atoms with Gasteiger partial charge in [-0.2, -0.15) is 0 Å². The minimum atomic E-state index is -0.488. The molecule has 128 valence electrons. The summed E-state index contributed by atoms with van der Waals surface area (Å²) in [7, 11) is 0. The van der Waals surface area contributed by atoms with Crippen LogP contribution < -0.4 is 0 Å². The van der Waals surface area contributed by atoms with Gasteiger partial charge in [-0.25, -0.2) is 4.79 Å². The van der Waals surface area contributed by atoms with E-state index in [-0.39, 0.29) is 12.5 Å². The number of hydrogen-bond acceptors (Lipinski definition) is 6. The summed E-state index contributed by atoms with van der Waals surface area (Å²) in [5.74, 6) is 1.53. The minimum absolute atomic E-state index is 0.0909. The highest BCUT2D eigenvalue weighted by Crippen LogP contribution is 2.25. The number of hydrogen-bond donors (Lipinski definition) is 0. The molecule has 3 aromatic rings. The van der Waals surface area contributed by atoms with Gasteiger partial charge in [-0.1, -0.05) is 28.1 Å². The van der Waals surface area contributed by atoms with E-state index in [2.05, 4.69) is 26.1 Å². The van der Waals surface area contributed by atoms with E-state index in [1.165, 1.54) is 6.08 Å². The molecule has 0 atom stereocenters. The first-order valence-corrected chi connectivity index (χ1v) is 8.31. The number of nitrogens with zero attached hydrogens (tertiary/aromatic N) is 2. The normalized spacial score (nSPS) is 11.2. The number of ether oxygens (including phenoxy) is 1. The first-order valence-electron chi connectivity index (χ1n) is 7.51. The average Bonchev–Trinajstić information content (AvgIpc) is 3.18. The summed E-state index contributed by atoms with van der Waals surface area (Å²) in [4.78, 5) is 11.8. The van der Waals surface area contributed by atoms with E-state index in [9.17, 15) is 4.79 Å². The quantitative estimate of drug-likeness (QED) is 0.462. The number of aryl methyl sites for hydroxylation is 2. The molecular formula is C18H15BrN2O4. The van der Waals surface area contributed by atoms with E-state index in [1.807, 2.05) is 44.2 Å². The summed E-state index contributed by atoms with van der Waals surface area (Å²) in [6.45, 7) is 3.57. The van der Waals surface area contributed by atoms with Gasteiger partial charge in [0.15, 0.2) is 6.61 Å². The molecule has 0 N–H and O–H groups in total. The van der Waals surface area contributed by atoms with Crippen molar-refractivity contribution >= 4 is 28.0 Å². The minimum Gasteiger partial charge on any atom is -0.466 e. The fraction of sp³-hybridized carbons (Fsp3) is 0.167. The molecular weight excluding hydrogens is 388 g/mol. The van der Waals surface area contributed by atoms with E-state index in [1.54, 1.807) is 6.08 Å². The van der Waals surface area contributed by atoms with Crippen molar-refractivity contribution in [3.8, 4) is 11.5 Å². The maximum absolute atomic E-state index is 11.8. The van der Waals surface area contributed by atoms with Crippen molar-refractivity contribution in [2.24, 2.45) is 0 Å². The molecule has 0 spiro atoms. The van der Waals surface area contributed by atoms with Crippen LogP contribution in [0.4, 0.5) is 0 Å². The summed E-state index contributed by atoms with van der Waals surface area (Å²) < 4.78 is 17.0. The molecule has 0 saturated heterocycles. The molecule has 6 nitrogen and oxygen atoms in total. The third-order valence-electron chi connectivity index (χ3n) is 3.36. The molecule has 25 heavy (non-hydrogen) atoms. The predicted molar refractivity (Wildman–Crippen MR) is 94.4 cm³/mol. The van der Waals surface area contributed by atoms with Crippen LogP contribution >= 0.6 is 15.9 Å². The average molecular weight is 403 g/mol. The number of aromatic nitrogens is 2. The van der Waals surface area contributed by atoms with Crippen LogP contribution in [0, 0.1) is 13.8 Å². The summed E-state index contributed by atoms with van der Waals surface area (Å²) in [6.07, 6.45) is 3.02. The number of furan rings is 1. The lowest BCUT2D eigenvalue weighted by Gasteiger charge is -1.97. The molecule has 0 aliphatic heterocycles. The maximum Gasteiger partial charge on any atom is 0.331 e. The van der Waals surface area contributed by atoms with E-state index in [0.29, 0.717) is 11.7 Å². The van der Waals surface area contributed by atoms with Crippen molar-refractivity contribution < 1.29 is 18.4 Å². The van der Waals surface area contributed by atoms with E-state index >= 15 is 0 Å². The highest BCUT2D eigenvalue weighted by Gasteiger charge is 2.15. The largest absolute Gasteiger partial charge is 0.466 e. The number of benzene rings is 1. The zero-order valence-electron chi connectivity index (χ0n) is 13.7. The van der Waals surface area contributed by atoms with Gasteiger partial charge in [-0.15, -0.1) is 10.2 Å². The predicted octanol–water partition coefficient (Wildman–Crippen LogP) is 4.47. The Labute approximate surface area is 152 Å². The van der Waals surface area contributed by atoms with Gasteiger partial charge >= 0.3 is 5.97 Å². The van der Waals surface area contributed by atoms with Gasteiger partial charge in [0.25, 0.3) is 11.8 Å². The Morgan fingerprint density at radius 2 is 1.96 bits per heavy atom. The number of esters is 1. The molecule has 0 fully saturated rings. The maximum atomic E-state index is 11.8. The Balaban J connectivity index is 1.57. The second-order valence-corrected chi connectivity index (χ2v) is 6.24. The summed E-state index contributed by atoms with van der Waals surface area (Å²) in [5, 5.41) is 7.83. The monoisotopic (exact) mass is 402 g/mol. The van der Waals surface area contributed by atoms with Crippen LogP contribution in [0.25, 0.3) is 17.5 Å². The molecule has 2 aromatic heterocycles. The summed E-state index contributed by atoms with van der Waals surface area (Å²) in [5.41, 5.74) is 1.63. The Bertz CT molecular complexity index is 910. The van der Waals surface area contributed by atoms with Crippen LogP contribution in [0.1, 0.15) is 23.0 Å². The number of carbonyl (C=O) groups is 1. The number of halogens is 1. The van der Waals surface area contributed by atoms with Crippen molar-refractivity contribution in [2.75, 3.05) is 0 Å². The van der Waals surface area contributed by atoms with Crippen LogP contribution in [0.3, 0.4) is 0 Å². The van der Waals surface area contributed by atoms with Gasteiger partial charge < -0.3 is 13.6 Å². The first-order chi connectivity index (χ1) is 12.0. The molecule has 3 rings (SSSR count). The lowest BCUT2D eigenvalue weighted by atomic mass is 10.2. The van der Waals surface area contributed by atoms with Gasteiger partial charge in [-0.05, 0) is 43.7 Å². The molecule has 0 bridgehead atoms. The lowest BCUT2D eigenvalue weighted by Crippen LogP contribution is -2.00. The van der Waals surface area contributed by atoms with Crippen LogP contribution in [-0.4, -0.2) is 16.2 Å². The van der Waals surface area contributed by atoms with E-state index in [0.717, 1.165) is 21.4 Å². The molecule has 1 aromatic carbocycles. The Morgan fingerprint density at radius 3 is 2.64 bits per heavy atom. The highest BCUT2D eigenvalue weighted by atomic mass is 79.9. The van der Waals surface area contributed by atoms with Gasteiger partial charge in [0.1, 0.15) is 11.5 Å². The molecule has 2 heterocycles. The lowest BCUT2D eigenvalue weighted by molar-refractivity contribution is -0.139. The van der Waals surface area contributed by atoms with Crippen LogP contribution in [0.15, 0.2) is 49.7 Å². The van der Waals surface area contributed by atoms with Crippen LogP contribution in [-0.2, 0) is 16.1 Å². The molecule has 0 unspecified atom stereocenters.